The lowest BCUT2D eigenvalue weighted by molar-refractivity contribution is -0.137. The van der Waals surface area contributed by atoms with Crippen molar-refractivity contribution in [1.82, 2.24) is 0 Å². The van der Waals surface area contributed by atoms with Gasteiger partial charge < -0.3 is 24.8 Å². The summed E-state index contributed by atoms with van der Waals surface area (Å²) < 4.78 is 49.6. The number of halogens is 3. The Morgan fingerprint density at radius 2 is 1.82 bits per heavy atom. The average Bonchev–Trinajstić information content (AvgIpc) is 2.65. The first kappa shape index (κ1) is 19.8. The van der Waals surface area contributed by atoms with E-state index in [0.29, 0.717) is 0 Å². The number of aromatic hydroxyl groups is 2. The topological polar surface area (TPSA) is 96.2 Å². The van der Waals surface area contributed by atoms with Crippen LogP contribution in [-0.2, 0) is 6.18 Å². The maximum Gasteiger partial charge on any atom is 0.417 e. The van der Waals surface area contributed by atoms with E-state index in [0.717, 1.165) is 18.2 Å². The molecule has 28 heavy (non-hydrogen) atoms. The molecule has 0 spiro atoms. The third kappa shape index (κ3) is 3.84. The summed E-state index contributed by atoms with van der Waals surface area (Å²) in [5.41, 5.74) is -1.83. The minimum atomic E-state index is -4.68. The van der Waals surface area contributed by atoms with E-state index in [9.17, 15) is 33.3 Å². The number of Topliss-reactive ketones (excluding diaryl/α,β-unsaturated/α-hetero) is 1. The molecule has 1 aliphatic heterocycles. The number of aliphatic hydroxyl groups excluding tert-OH is 1. The van der Waals surface area contributed by atoms with Gasteiger partial charge >= 0.3 is 6.18 Å². The van der Waals surface area contributed by atoms with Crippen molar-refractivity contribution < 1.29 is 42.8 Å². The lowest BCUT2D eigenvalue weighted by Crippen LogP contribution is -2.16. The maximum atomic E-state index is 13.0. The number of phenolic OH excluding ortho intramolecular Hbond substituents is 2. The van der Waals surface area contributed by atoms with Crippen LogP contribution in [-0.4, -0.2) is 34.3 Å². The van der Waals surface area contributed by atoms with Gasteiger partial charge in [0.2, 0.25) is 5.75 Å². The number of hydrogen-bond acceptors (Lipinski definition) is 6. The second-order valence-corrected chi connectivity index (χ2v) is 6.20. The van der Waals surface area contributed by atoms with E-state index >= 15 is 0 Å². The first-order valence-corrected chi connectivity index (χ1v) is 8.42. The fraction of sp³-hybridized carbons (Fsp3) is 0.316. The molecule has 2 aromatic carbocycles. The molecule has 0 fully saturated rings. The molecule has 0 bridgehead atoms. The Balaban J connectivity index is 1.79. The lowest BCUT2D eigenvalue weighted by Gasteiger charge is -2.23. The summed E-state index contributed by atoms with van der Waals surface area (Å²) in [6.07, 6.45) is -6.93. The van der Waals surface area contributed by atoms with Gasteiger partial charge in [0.15, 0.2) is 17.3 Å². The fourth-order valence-corrected chi connectivity index (χ4v) is 3.02. The van der Waals surface area contributed by atoms with E-state index in [2.05, 4.69) is 0 Å². The van der Waals surface area contributed by atoms with Gasteiger partial charge in [-0.25, -0.2) is 0 Å². The molecule has 1 atom stereocenters. The summed E-state index contributed by atoms with van der Waals surface area (Å²) in [5.74, 6) is -1.77. The fourth-order valence-electron chi connectivity index (χ4n) is 3.02. The van der Waals surface area contributed by atoms with Crippen LogP contribution in [0.2, 0.25) is 0 Å². The highest BCUT2D eigenvalue weighted by molar-refractivity contribution is 5.97. The van der Waals surface area contributed by atoms with E-state index < -0.39 is 47.1 Å². The molecular formula is C19H17F3O6. The number of ketones is 1. The number of fused-ring (bicyclic) bond motifs is 1. The maximum absolute atomic E-state index is 13.0. The van der Waals surface area contributed by atoms with Gasteiger partial charge in [-0.1, -0.05) is 18.2 Å². The predicted molar refractivity (Wildman–Crippen MR) is 90.7 cm³/mol. The molecule has 0 aliphatic carbocycles. The molecule has 1 aliphatic rings. The van der Waals surface area contributed by atoms with Crippen molar-refractivity contribution in [2.75, 3.05) is 13.2 Å². The van der Waals surface area contributed by atoms with Gasteiger partial charge in [-0.2, -0.15) is 13.2 Å². The molecule has 3 rings (SSSR count). The minimum absolute atomic E-state index is 0.0492. The molecule has 2 aromatic rings. The van der Waals surface area contributed by atoms with Gasteiger partial charge in [0.1, 0.15) is 19.0 Å². The van der Waals surface area contributed by atoms with Gasteiger partial charge in [0.25, 0.3) is 0 Å². The molecule has 0 saturated heterocycles. The van der Waals surface area contributed by atoms with Gasteiger partial charge in [-0.05, 0) is 12.5 Å². The van der Waals surface area contributed by atoms with Crippen LogP contribution in [0.3, 0.4) is 0 Å². The molecule has 1 unspecified atom stereocenters. The van der Waals surface area contributed by atoms with Crippen molar-refractivity contribution in [3.63, 3.8) is 0 Å². The third-order valence-corrected chi connectivity index (χ3v) is 4.34. The summed E-state index contributed by atoms with van der Waals surface area (Å²) >= 11 is 0. The van der Waals surface area contributed by atoms with Crippen LogP contribution >= 0.6 is 0 Å². The molecule has 1 heterocycles. The second-order valence-electron chi connectivity index (χ2n) is 6.20. The van der Waals surface area contributed by atoms with Crippen LogP contribution in [0.15, 0.2) is 30.3 Å². The van der Waals surface area contributed by atoms with E-state index in [1.807, 2.05) is 0 Å². The second kappa shape index (κ2) is 7.59. The molecule has 0 saturated carbocycles. The Kier molecular flexibility index (Phi) is 5.37. The Labute approximate surface area is 157 Å². The zero-order valence-electron chi connectivity index (χ0n) is 14.5. The number of phenols is 2. The SMILES string of the molecule is O=C(CCC(O)c1c(O)cc2c(c1O)OCCO2)c1ccccc1C(F)(F)F. The standard InChI is InChI=1S/C19H17F3O6/c20-19(21,22)11-4-2-1-3-10(11)12(23)5-6-13(24)16-14(25)9-15-18(17(16)26)28-8-7-27-15/h1-4,9,13,24-26H,5-8H2. The van der Waals surface area contributed by atoms with Crippen molar-refractivity contribution in [1.29, 1.82) is 0 Å². The first-order valence-electron chi connectivity index (χ1n) is 8.42. The predicted octanol–water partition coefficient (Wildman–Crippen LogP) is 3.58. The van der Waals surface area contributed by atoms with Crippen LogP contribution in [0.25, 0.3) is 0 Å². The van der Waals surface area contributed by atoms with Crippen LogP contribution in [0, 0.1) is 0 Å². The van der Waals surface area contributed by atoms with E-state index in [-0.39, 0.29) is 36.7 Å². The number of ether oxygens (including phenoxy) is 2. The van der Waals surface area contributed by atoms with Crippen LogP contribution in [0.5, 0.6) is 23.0 Å². The van der Waals surface area contributed by atoms with Gasteiger partial charge in [-0.3, -0.25) is 4.79 Å². The number of carbonyl (C=O) groups is 1. The van der Waals surface area contributed by atoms with Crippen LogP contribution in [0.1, 0.15) is 40.4 Å². The van der Waals surface area contributed by atoms with Crippen molar-refractivity contribution in [3.05, 3.63) is 47.0 Å². The summed E-state index contributed by atoms with van der Waals surface area (Å²) in [5, 5.41) is 30.6. The van der Waals surface area contributed by atoms with Gasteiger partial charge in [-0.15, -0.1) is 0 Å². The molecule has 0 aromatic heterocycles. The van der Waals surface area contributed by atoms with Gasteiger partial charge in [0, 0.05) is 18.1 Å². The van der Waals surface area contributed by atoms with E-state index in [4.69, 9.17) is 9.47 Å². The van der Waals surface area contributed by atoms with Crippen molar-refractivity contribution >= 4 is 5.78 Å². The monoisotopic (exact) mass is 398 g/mol. The number of carbonyl (C=O) groups excluding carboxylic acids is 1. The zero-order chi connectivity index (χ0) is 20.5. The number of hydrogen-bond donors (Lipinski definition) is 3. The Morgan fingerprint density at radius 3 is 2.54 bits per heavy atom. The molecule has 3 N–H and O–H groups in total. The number of alkyl halides is 3. The number of aliphatic hydroxyl groups is 1. The van der Waals surface area contributed by atoms with Gasteiger partial charge in [0.05, 0.1) is 17.2 Å². The molecular weight excluding hydrogens is 381 g/mol. The van der Waals surface area contributed by atoms with E-state index in [1.54, 1.807) is 0 Å². The summed E-state index contributed by atoms with van der Waals surface area (Å²) in [7, 11) is 0. The van der Waals surface area contributed by atoms with Crippen molar-refractivity contribution in [2.24, 2.45) is 0 Å². The Hall–Kier alpha value is -2.94. The molecule has 9 heteroatoms. The third-order valence-electron chi connectivity index (χ3n) is 4.34. The Morgan fingerprint density at radius 1 is 1.14 bits per heavy atom. The smallest absolute Gasteiger partial charge is 0.417 e. The number of benzene rings is 2. The molecule has 0 amide bonds. The number of rotatable bonds is 5. The molecule has 150 valence electrons. The van der Waals surface area contributed by atoms with Crippen LogP contribution in [0.4, 0.5) is 13.2 Å². The average molecular weight is 398 g/mol. The van der Waals surface area contributed by atoms with Crippen LogP contribution < -0.4 is 9.47 Å². The van der Waals surface area contributed by atoms with Crippen molar-refractivity contribution in [2.45, 2.75) is 25.1 Å². The largest absolute Gasteiger partial charge is 0.507 e. The normalized spacial score (nSPS) is 14.6. The zero-order valence-corrected chi connectivity index (χ0v) is 14.5. The lowest BCUT2D eigenvalue weighted by atomic mass is 9.96. The Bertz CT molecular complexity index is 894. The first-order chi connectivity index (χ1) is 13.2. The molecule has 6 nitrogen and oxygen atoms in total. The quantitative estimate of drug-likeness (QED) is 0.667. The van der Waals surface area contributed by atoms with E-state index in [1.165, 1.54) is 12.1 Å². The molecule has 0 radical (unpaired) electrons. The highest BCUT2D eigenvalue weighted by Gasteiger charge is 2.35. The summed E-state index contributed by atoms with van der Waals surface area (Å²) in [4.78, 5) is 12.3. The summed E-state index contributed by atoms with van der Waals surface area (Å²) in [6.45, 7) is 0.383. The highest BCUT2D eigenvalue weighted by atomic mass is 19.4. The summed E-state index contributed by atoms with van der Waals surface area (Å²) in [6, 6.07) is 5.53. The highest BCUT2D eigenvalue weighted by Crippen LogP contribution is 2.48. The minimum Gasteiger partial charge on any atom is -0.507 e. The van der Waals surface area contributed by atoms with Crippen molar-refractivity contribution in [3.8, 4) is 23.0 Å².